The van der Waals surface area contributed by atoms with E-state index in [1.54, 1.807) is 0 Å². The third kappa shape index (κ3) is 6.99. The van der Waals surface area contributed by atoms with Gasteiger partial charge in [-0.05, 0) is 146 Å². The molecule has 2 aliphatic heterocycles. The molecule has 0 spiro atoms. The number of benzene rings is 7. The summed E-state index contributed by atoms with van der Waals surface area (Å²) in [7, 11) is 0. The molecular formula is C61H59BN2S. The third-order valence-corrected chi connectivity index (χ3v) is 15.4. The molecule has 0 N–H and O–H groups in total. The van der Waals surface area contributed by atoms with Crippen LogP contribution in [-0.4, -0.2) is 6.71 Å². The molecule has 4 heteroatoms. The number of allylic oxidation sites excluding steroid dienone is 3. The fourth-order valence-corrected chi connectivity index (χ4v) is 11.9. The summed E-state index contributed by atoms with van der Waals surface area (Å²) in [4.78, 5) is 5.20. The van der Waals surface area contributed by atoms with E-state index in [2.05, 4.69) is 237 Å². The van der Waals surface area contributed by atoms with E-state index in [1.165, 1.54) is 110 Å². The maximum Gasteiger partial charge on any atom is 0.252 e. The van der Waals surface area contributed by atoms with Gasteiger partial charge in [0.2, 0.25) is 0 Å². The molecule has 0 radical (unpaired) electrons. The van der Waals surface area contributed by atoms with Crippen molar-refractivity contribution < 1.29 is 0 Å². The standard InChI is InChI=1S/C61H59BN2S/c1-38-31-54-58-55(32-38)64(45-26-27-49(61(8,9)10)47(37-45)39-17-12-11-13-18-39)53-29-25-43(60(5,6)7)36-51(53)62(58)50-35-42(59(2,3)4)24-28-52(50)63(54)44-20-16-19-40(33-44)41-23-30-57-48(34-41)46-21-14-15-22-56(46)65-57/h11-18,20-37,40H,19H2,1-10H3. The number of fused-ring (bicyclic) bond motifs is 7. The van der Waals surface area contributed by atoms with Gasteiger partial charge in [0.1, 0.15) is 0 Å². The van der Waals surface area contributed by atoms with Crippen molar-refractivity contribution in [2.45, 2.75) is 97.8 Å². The van der Waals surface area contributed by atoms with Crippen molar-refractivity contribution in [3.63, 3.8) is 0 Å². The summed E-state index contributed by atoms with van der Waals surface area (Å²) in [5, 5.41) is 2.71. The van der Waals surface area contributed by atoms with Gasteiger partial charge in [-0.15, -0.1) is 11.3 Å². The number of rotatable bonds is 4. The van der Waals surface area contributed by atoms with Crippen LogP contribution in [0.1, 0.15) is 102 Å². The Morgan fingerprint density at radius 2 is 1.18 bits per heavy atom. The predicted octanol–water partition coefficient (Wildman–Crippen LogP) is 15.3. The van der Waals surface area contributed by atoms with Crippen LogP contribution in [0.2, 0.25) is 0 Å². The van der Waals surface area contributed by atoms with Crippen LogP contribution in [0.25, 0.3) is 31.3 Å². The normalized spacial score (nSPS) is 15.9. The number of nitrogens with zero attached hydrogens (tertiary/aromatic N) is 2. The lowest BCUT2D eigenvalue weighted by Gasteiger charge is -2.45. The fraction of sp³-hybridized carbons (Fsp3) is 0.246. The second kappa shape index (κ2) is 15.0. The minimum Gasteiger partial charge on any atom is -0.312 e. The van der Waals surface area contributed by atoms with Crippen molar-refractivity contribution in [2.24, 2.45) is 0 Å². The quantitative estimate of drug-likeness (QED) is 0.163. The summed E-state index contributed by atoms with van der Waals surface area (Å²) >= 11 is 1.89. The first-order valence-corrected chi connectivity index (χ1v) is 24.4. The summed E-state index contributed by atoms with van der Waals surface area (Å²) in [6, 6.07) is 53.9. The molecule has 0 saturated carbocycles. The van der Waals surface area contributed by atoms with E-state index in [0.717, 1.165) is 6.42 Å². The Kier molecular flexibility index (Phi) is 9.58. The summed E-state index contributed by atoms with van der Waals surface area (Å²) < 4.78 is 2.70. The largest absolute Gasteiger partial charge is 0.312 e. The van der Waals surface area contributed by atoms with Crippen LogP contribution in [0, 0.1) is 6.92 Å². The van der Waals surface area contributed by atoms with Gasteiger partial charge >= 0.3 is 0 Å². The summed E-state index contributed by atoms with van der Waals surface area (Å²) in [6.45, 7) is 23.4. The Hall–Kier alpha value is -6.10. The molecule has 1 unspecified atom stereocenters. The van der Waals surface area contributed by atoms with Crippen LogP contribution in [0.15, 0.2) is 163 Å². The van der Waals surface area contributed by atoms with Crippen LogP contribution >= 0.6 is 11.3 Å². The average Bonchev–Trinajstić information content (AvgIpc) is 3.66. The molecule has 11 rings (SSSR count). The molecule has 322 valence electrons. The van der Waals surface area contributed by atoms with Gasteiger partial charge in [-0.25, -0.2) is 0 Å². The van der Waals surface area contributed by atoms with Gasteiger partial charge in [0.15, 0.2) is 0 Å². The highest BCUT2D eigenvalue weighted by atomic mass is 32.1. The van der Waals surface area contributed by atoms with Gasteiger partial charge in [-0.3, -0.25) is 0 Å². The van der Waals surface area contributed by atoms with E-state index in [0.29, 0.717) is 0 Å². The second-order valence-electron chi connectivity index (χ2n) is 21.9. The molecule has 7 aromatic carbocycles. The summed E-state index contributed by atoms with van der Waals surface area (Å²) in [6.07, 6.45) is 8.32. The zero-order valence-corrected chi connectivity index (χ0v) is 40.5. The SMILES string of the molecule is Cc1cc2c3c(c1)N(c1ccc(C(C)(C)C)c(-c4ccccc4)c1)c1ccc(C(C)(C)C)cc1B3c1cc(C(C)(C)C)ccc1N2C1=CC(c2ccc3sc4ccccc4c3c2)CC=C1. The first-order valence-electron chi connectivity index (χ1n) is 23.6. The van der Waals surface area contributed by atoms with Gasteiger partial charge in [0.25, 0.3) is 6.71 Å². The highest BCUT2D eigenvalue weighted by Gasteiger charge is 2.45. The molecule has 0 bridgehead atoms. The van der Waals surface area contributed by atoms with Crippen molar-refractivity contribution in [2.75, 3.05) is 9.80 Å². The van der Waals surface area contributed by atoms with Crippen LogP contribution in [0.3, 0.4) is 0 Å². The first kappa shape index (κ1) is 41.6. The monoisotopic (exact) mass is 862 g/mol. The molecule has 1 aromatic heterocycles. The van der Waals surface area contributed by atoms with Crippen molar-refractivity contribution in [1.82, 2.24) is 0 Å². The Bertz CT molecular complexity index is 3270. The molecule has 2 nitrogen and oxygen atoms in total. The Balaban J connectivity index is 1.16. The molecule has 65 heavy (non-hydrogen) atoms. The van der Waals surface area contributed by atoms with Gasteiger partial charge in [0.05, 0.1) is 0 Å². The van der Waals surface area contributed by atoms with Crippen molar-refractivity contribution in [3.8, 4) is 11.1 Å². The second-order valence-corrected chi connectivity index (χ2v) is 23.0. The van der Waals surface area contributed by atoms with Crippen LogP contribution in [0.4, 0.5) is 28.4 Å². The van der Waals surface area contributed by atoms with Gasteiger partial charge < -0.3 is 9.80 Å². The van der Waals surface area contributed by atoms with Crippen LogP contribution in [0.5, 0.6) is 0 Å². The van der Waals surface area contributed by atoms with E-state index < -0.39 is 0 Å². The van der Waals surface area contributed by atoms with Crippen LogP contribution in [-0.2, 0) is 16.2 Å². The van der Waals surface area contributed by atoms with Crippen molar-refractivity contribution in [3.05, 3.63) is 191 Å². The lowest BCUT2D eigenvalue weighted by molar-refractivity contribution is 0.590. The zero-order valence-electron chi connectivity index (χ0n) is 39.7. The molecule has 0 fully saturated rings. The molecule has 1 atom stereocenters. The lowest BCUT2D eigenvalue weighted by atomic mass is 9.33. The van der Waals surface area contributed by atoms with E-state index in [4.69, 9.17) is 0 Å². The summed E-state index contributed by atoms with van der Waals surface area (Å²) in [5.74, 6) is 0.248. The predicted molar refractivity (Wildman–Crippen MR) is 285 cm³/mol. The molecule has 1 aliphatic carbocycles. The van der Waals surface area contributed by atoms with Crippen molar-refractivity contribution in [1.29, 1.82) is 0 Å². The Labute approximate surface area is 391 Å². The average molecular weight is 863 g/mol. The Morgan fingerprint density at radius 3 is 1.86 bits per heavy atom. The maximum absolute atomic E-state index is 2.61. The minimum atomic E-state index is -0.0317. The number of anilines is 5. The fourth-order valence-electron chi connectivity index (χ4n) is 10.8. The highest BCUT2D eigenvalue weighted by Crippen LogP contribution is 2.47. The molecule has 0 amide bonds. The van der Waals surface area contributed by atoms with Gasteiger partial charge in [0, 0.05) is 60.2 Å². The maximum atomic E-state index is 2.61. The topological polar surface area (TPSA) is 6.48 Å². The first-order chi connectivity index (χ1) is 31.0. The lowest BCUT2D eigenvalue weighted by Crippen LogP contribution is -2.62. The van der Waals surface area contributed by atoms with Crippen molar-refractivity contribution >= 4 is 83.0 Å². The molecule has 3 heterocycles. The molecular weight excluding hydrogens is 804 g/mol. The number of hydrogen-bond acceptors (Lipinski definition) is 3. The third-order valence-electron chi connectivity index (χ3n) is 14.2. The van der Waals surface area contributed by atoms with Gasteiger partial charge in [-0.2, -0.15) is 0 Å². The number of thiophene rings is 1. The number of hydrogen-bond donors (Lipinski definition) is 0. The minimum absolute atomic E-state index is 0.0186. The molecule has 3 aliphatic rings. The van der Waals surface area contributed by atoms with E-state index in [-0.39, 0.29) is 28.9 Å². The molecule has 8 aromatic rings. The van der Waals surface area contributed by atoms with E-state index >= 15 is 0 Å². The molecule has 0 saturated heterocycles. The zero-order chi connectivity index (χ0) is 45.2. The van der Waals surface area contributed by atoms with E-state index in [9.17, 15) is 0 Å². The summed E-state index contributed by atoms with van der Waals surface area (Å²) in [5.41, 5.74) is 20.7. The van der Waals surface area contributed by atoms with Gasteiger partial charge in [-0.1, -0.05) is 159 Å². The highest BCUT2D eigenvalue weighted by molar-refractivity contribution is 7.25. The van der Waals surface area contributed by atoms with E-state index in [1.807, 2.05) is 11.3 Å². The Morgan fingerprint density at radius 1 is 0.554 bits per heavy atom. The number of aryl methyl sites for hydroxylation is 1. The van der Waals surface area contributed by atoms with Crippen LogP contribution < -0.4 is 26.2 Å². The smallest absolute Gasteiger partial charge is 0.252 e.